The number of amides is 1. The quantitative estimate of drug-likeness (QED) is 0.559. The van der Waals surface area contributed by atoms with E-state index < -0.39 is 5.97 Å². The molecule has 5 nitrogen and oxygen atoms in total. The van der Waals surface area contributed by atoms with Crippen molar-refractivity contribution in [3.05, 3.63) is 65.5 Å². The van der Waals surface area contributed by atoms with Gasteiger partial charge in [0.15, 0.2) is 5.11 Å². The summed E-state index contributed by atoms with van der Waals surface area (Å²) in [5.41, 5.74) is 1.94. The zero-order valence-corrected chi connectivity index (χ0v) is 16.6. The van der Waals surface area contributed by atoms with Crippen molar-refractivity contribution < 1.29 is 18.7 Å². The molecule has 0 unspecified atom stereocenters. The van der Waals surface area contributed by atoms with Crippen molar-refractivity contribution in [1.29, 1.82) is 0 Å². The molecule has 28 heavy (non-hydrogen) atoms. The van der Waals surface area contributed by atoms with Crippen LogP contribution in [0, 0.1) is 5.82 Å². The summed E-state index contributed by atoms with van der Waals surface area (Å²) in [5, 5.41) is 0.282. The molecule has 2 saturated heterocycles. The number of hydrogen-bond donors (Lipinski definition) is 0. The Morgan fingerprint density at radius 3 is 2.54 bits per heavy atom. The molecule has 0 bridgehead atoms. The molecule has 2 aliphatic rings. The number of hydrogen-bond acceptors (Lipinski definition) is 5. The highest BCUT2D eigenvalue weighted by atomic mass is 32.2. The number of rotatable bonds is 4. The van der Waals surface area contributed by atoms with Crippen molar-refractivity contribution in [2.75, 3.05) is 17.3 Å². The number of thioether (sulfide) groups is 1. The predicted molar refractivity (Wildman–Crippen MR) is 110 cm³/mol. The lowest BCUT2D eigenvalue weighted by molar-refractivity contribution is -0.119. The minimum absolute atomic E-state index is 0.0917. The Hall–Kier alpha value is -2.45. The first-order valence-electron chi connectivity index (χ1n) is 8.81. The first-order valence-corrected chi connectivity index (χ1v) is 10.3. The normalized spacial score (nSPS) is 21.2. The fourth-order valence-electron chi connectivity index (χ4n) is 3.37. The Bertz CT molecular complexity index is 933. The van der Waals surface area contributed by atoms with Gasteiger partial charge in [0.2, 0.25) is 0 Å². The molecule has 2 atom stereocenters. The van der Waals surface area contributed by atoms with Crippen molar-refractivity contribution >= 4 is 46.7 Å². The summed E-state index contributed by atoms with van der Waals surface area (Å²) in [6.45, 7) is 2.05. The van der Waals surface area contributed by atoms with Crippen LogP contribution in [-0.4, -0.2) is 40.3 Å². The number of carbonyl (C=O) groups is 2. The lowest BCUT2D eigenvalue weighted by Gasteiger charge is -2.25. The third-order valence-electron chi connectivity index (χ3n) is 4.71. The van der Waals surface area contributed by atoms with E-state index in [1.165, 1.54) is 17.0 Å². The van der Waals surface area contributed by atoms with Crippen molar-refractivity contribution in [3.8, 4) is 0 Å². The monoisotopic (exact) mass is 416 g/mol. The Morgan fingerprint density at radius 1 is 1.21 bits per heavy atom. The number of anilines is 1. The summed E-state index contributed by atoms with van der Waals surface area (Å²) in [6, 6.07) is 12.6. The summed E-state index contributed by atoms with van der Waals surface area (Å²) in [4.78, 5) is 28.2. The van der Waals surface area contributed by atoms with E-state index in [1.54, 1.807) is 55.1 Å². The molecule has 0 N–H and O–H groups in total. The molecule has 4 rings (SSSR count). The average molecular weight is 416 g/mol. The van der Waals surface area contributed by atoms with Crippen LogP contribution in [-0.2, 0) is 9.53 Å². The highest BCUT2D eigenvalue weighted by Gasteiger charge is 2.50. The van der Waals surface area contributed by atoms with Gasteiger partial charge in [0, 0.05) is 5.75 Å². The van der Waals surface area contributed by atoms with Gasteiger partial charge in [-0.15, -0.1) is 11.8 Å². The zero-order chi connectivity index (χ0) is 19.8. The average Bonchev–Trinajstić information content (AvgIpc) is 3.23. The van der Waals surface area contributed by atoms with Crippen molar-refractivity contribution in [2.45, 2.75) is 18.3 Å². The van der Waals surface area contributed by atoms with E-state index in [4.69, 9.17) is 17.0 Å². The number of halogens is 1. The Morgan fingerprint density at radius 2 is 1.89 bits per heavy atom. The molecule has 2 aromatic carbocycles. The first-order chi connectivity index (χ1) is 13.5. The van der Waals surface area contributed by atoms with E-state index in [-0.39, 0.29) is 23.1 Å². The summed E-state index contributed by atoms with van der Waals surface area (Å²) in [6.07, 6.45) is 0. The molecule has 2 aromatic rings. The summed E-state index contributed by atoms with van der Waals surface area (Å²) < 4.78 is 18.2. The zero-order valence-electron chi connectivity index (χ0n) is 15.0. The van der Waals surface area contributed by atoms with E-state index in [0.29, 0.717) is 28.7 Å². The minimum Gasteiger partial charge on any atom is -0.462 e. The van der Waals surface area contributed by atoms with Crippen LogP contribution in [0.5, 0.6) is 0 Å². The standard InChI is InChI=1S/C20H17FN2O3S2/c1-2-26-19(25)13-5-9-15(10-6-13)22-17(24)16-11-28-18(23(16)20(22)27)12-3-7-14(21)8-4-12/h3-10,16,18H,2,11H2,1H3/t16-,18-/m0/s1. The molecule has 2 heterocycles. The molecule has 8 heteroatoms. The number of carbonyl (C=O) groups excluding carboxylic acids is 2. The van der Waals surface area contributed by atoms with Crippen LogP contribution in [0.3, 0.4) is 0 Å². The van der Waals surface area contributed by atoms with E-state index in [1.807, 2.05) is 4.90 Å². The Balaban J connectivity index is 1.59. The second kappa shape index (κ2) is 7.52. The van der Waals surface area contributed by atoms with E-state index in [0.717, 1.165) is 5.56 Å². The number of fused-ring (bicyclic) bond motifs is 1. The van der Waals surface area contributed by atoms with Gasteiger partial charge in [-0.2, -0.15) is 0 Å². The second-order valence-corrected chi connectivity index (χ2v) is 7.86. The summed E-state index contributed by atoms with van der Waals surface area (Å²) >= 11 is 7.24. The van der Waals surface area contributed by atoms with E-state index in [9.17, 15) is 14.0 Å². The fourth-order valence-corrected chi connectivity index (χ4v) is 5.29. The molecule has 2 fully saturated rings. The Kier molecular flexibility index (Phi) is 5.07. The molecule has 0 radical (unpaired) electrons. The molecule has 2 aliphatic heterocycles. The van der Waals surface area contributed by atoms with Crippen molar-refractivity contribution in [3.63, 3.8) is 0 Å². The van der Waals surface area contributed by atoms with Gasteiger partial charge in [0.05, 0.1) is 17.9 Å². The van der Waals surface area contributed by atoms with Gasteiger partial charge in [-0.1, -0.05) is 12.1 Å². The van der Waals surface area contributed by atoms with Crippen LogP contribution in [0.4, 0.5) is 10.1 Å². The van der Waals surface area contributed by atoms with Gasteiger partial charge in [0.25, 0.3) is 5.91 Å². The lowest BCUT2D eigenvalue weighted by atomic mass is 10.2. The maximum Gasteiger partial charge on any atom is 0.338 e. The van der Waals surface area contributed by atoms with E-state index in [2.05, 4.69) is 0 Å². The van der Waals surface area contributed by atoms with Gasteiger partial charge >= 0.3 is 5.97 Å². The fraction of sp³-hybridized carbons (Fsp3) is 0.250. The van der Waals surface area contributed by atoms with Crippen LogP contribution in [0.15, 0.2) is 48.5 Å². The molecule has 0 aliphatic carbocycles. The number of esters is 1. The van der Waals surface area contributed by atoms with Crippen LogP contribution in [0.25, 0.3) is 0 Å². The van der Waals surface area contributed by atoms with Gasteiger partial charge in [-0.3, -0.25) is 9.69 Å². The van der Waals surface area contributed by atoms with Crippen LogP contribution < -0.4 is 4.90 Å². The summed E-state index contributed by atoms with van der Waals surface area (Å²) in [5.74, 6) is -0.186. The number of ether oxygens (including phenoxy) is 1. The van der Waals surface area contributed by atoms with Crippen LogP contribution in [0.1, 0.15) is 28.2 Å². The Labute approximate surface area is 171 Å². The van der Waals surface area contributed by atoms with E-state index >= 15 is 0 Å². The highest BCUT2D eigenvalue weighted by Crippen LogP contribution is 2.46. The molecular formula is C20H17FN2O3S2. The molecule has 0 saturated carbocycles. The molecular weight excluding hydrogens is 399 g/mol. The third kappa shape index (κ3) is 3.16. The number of nitrogens with zero attached hydrogens (tertiary/aromatic N) is 2. The number of thiocarbonyl (C=S) groups is 1. The second-order valence-electron chi connectivity index (χ2n) is 6.38. The van der Waals surface area contributed by atoms with Gasteiger partial charge in [-0.25, -0.2) is 9.18 Å². The van der Waals surface area contributed by atoms with Crippen LogP contribution in [0.2, 0.25) is 0 Å². The van der Waals surface area contributed by atoms with Gasteiger partial charge in [0.1, 0.15) is 17.2 Å². The smallest absolute Gasteiger partial charge is 0.338 e. The summed E-state index contributed by atoms with van der Waals surface area (Å²) in [7, 11) is 0. The molecule has 0 spiro atoms. The van der Waals surface area contributed by atoms with Crippen molar-refractivity contribution in [2.24, 2.45) is 0 Å². The SMILES string of the molecule is CCOC(=O)c1ccc(N2C(=O)[C@@H]3CS[C@@H](c4ccc(F)cc4)N3C2=S)cc1. The largest absolute Gasteiger partial charge is 0.462 e. The van der Waals surface area contributed by atoms with Gasteiger partial charge < -0.3 is 9.64 Å². The third-order valence-corrected chi connectivity index (χ3v) is 6.43. The maximum absolute atomic E-state index is 13.3. The first kappa shape index (κ1) is 18.9. The van der Waals surface area contributed by atoms with Crippen LogP contribution >= 0.6 is 24.0 Å². The molecule has 1 amide bonds. The highest BCUT2D eigenvalue weighted by molar-refractivity contribution is 7.99. The maximum atomic E-state index is 13.3. The lowest BCUT2D eigenvalue weighted by Crippen LogP contribution is -2.33. The van der Waals surface area contributed by atoms with Gasteiger partial charge in [-0.05, 0) is 61.1 Å². The predicted octanol–water partition coefficient (Wildman–Crippen LogP) is 3.75. The molecule has 0 aromatic heterocycles. The minimum atomic E-state index is -0.405. The molecule has 144 valence electrons. The van der Waals surface area contributed by atoms with Crippen molar-refractivity contribution in [1.82, 2.24) is 4.90 Å². The number of benzene rings is 2. The topological polar surface area (TPSA) is 49.9 Å².